The van der Waals surface area contributed by atoms with Crippen molar-refractivity contribution in [3.63, 3.8) is 0 Å². The molecule has 3 heterocycles. The number of aryl methyl sites for hydroxylation is 1. The van der Waals surface area contributed by atoms with Gasteiger partial charge in [-0.3, -0.25) is 14.3 Å². The molecule has 0 aliphatic rings. The van der Waals surface area contributed by atoms with Gasteiger partial charge >= 0.3 is 5.97 Å². The molecule has 4 aromatic rings. The lowest BCUT2D eigenvalue weighted by Gasteiger charge is -2.10. The largest absolute Gasteiger partial charge is 0.465 e. The molecule has 9 nitrogen and oxygen atoms in total. The van der Waals surface area contributed by atoms with Crippen molar-refractivity contribution in [1.29, 1.82) is 0 Å². The first-order chi connectivity index (χ1) is 15.6. The average molecular weight is 467 g/mol. The molecule has 0 radical (unpaired) electrons. The van der Waals surface area contributed by atoms with Crippen molar-refractivity contribution in [2.24, 2.45) is 0 Å². The molecule has 32 heavy (non-hydrogen) atoms. The van der Waals surface area contributed by atoms with Gasteiger partial charge in [-0.2, -0.15) is 0 Å². The summed E-state index contributed by atoms with van der Waals surface area (Å²) < 4.78 is 6.61. The predicted molar refractivity (Wildman–Crippen MR) is 122 cm³/mol. The maximum atomic E-state index is 12.5. The topological polar surface area (TPSA) is 112 Å². The van der Waals surface area contributed by atoms with E-state index in [1.165, 1.54) is 18.9 Å². The van der Waals surface area contributed by atoms with Crippen molar-refractivity contribution >= 4 is 40.1 Å². The SMILES string of the molecule is COC(=O)c1sc(NC(=O)CSc2nnc(-c3cccnc3)n2-c2ccccc2)nc1C. The number of benzene rings is 1. The van der Waals surface area contributed by atoms with Crippen LogP contribution in [0, 0.1) is 6.92 Å². The number of carbonyl (C=O) groups is 2. The summed E-state index contributed by atoms with van der Waals surface area (Å²) in [4.78, 5) is 33.0. The Kier molecular flexibility index (Phi) is 6.57. The number of nitrogens with zero attached hydrogens (tertiary/aromatic N) is 5. The van der Waals surface area contributed by atoms with E-state index < -0.39 is 5.97 Å². The molecule has 1 aromatic carbocycles. The van der Waals surface area contributed by atoms with Crippen LogP contribution in [-0.2, 0) is 9.53 Å². The van der Waals surface area contributed by atoms with Crippen LogP contribution in [0.15, 0.2) is 60.0 Å². The molecule has 0 unspecified atom stereocenters. The van der Waals surface area contributed by atoms with E-state index in [-0.39, 0.29) is 11.7 Å². The third-order valence-electron chi connectivity index (χ3n) is 4.31. The molecule has 1 amide bonds. The van der Waals surface area contributed by atoms with Gasteiger partial charge in [-0.05, 0) is 31.2 Å². The van der Waals surface area contributed by atoms with Crippen LogP contribution in [0.3, 0.4) is 0 Å². The minimum absolute atomic E-state index is 0.0875. The van der Waals surface area contributed by atoms with E-state index >= 15 is 0 Å². The molecule has 4 rings (SSSR count). The van der Waals surface area contributed by atoms with Crippen LogP contribution in [0.1, 0.15) is 15.4 Å². The summed E-state index contributed by atoms with van der Waals surface area (Å²) in [6, 6.07) is 13.4. The Bertz CT molecular complexity index is 1240. The van der Waals surface area contributed by atoms with Crippen molar-refractivity contribution in [3.8, 4) is 17.1 Å². The van der Waals surface area contributed by atoms with E-state index in [0.29, 0.717) is 26.7 Å². The third-order valence-corrected chi connectivity index (χ3v) is 6.30. The van der Waals surface area contributed by atoms with Crippen molar-refractivity contribution in [2.75, 3.05) is 18.2 Å². The van der Waals surface area contributed by atoms with Crippen molar-refractivity contribution in [1.82, 2.24) is 24.7 Å². The molecule has 11 heteroatoms. The van der Waals surface area contributed by atoms with Gasteiger partial charge < -0.3 is 10.1 Å². The summed E-state index contributed by atoms with van der Waals surface area (Å²) >= 11 is 2.33. The zero-order valence-corrected chi connectivity index (χ0v) is 18.8. The van der Waals surface area contributed by atoms with Gasteiger partial charge in [0.2, 0.25) is 5.91 Å². The summed E-state index contributed by atoms with van der Waals surface area (Å²) in [5.74, 6) is -0.0329. The maximum Gasteiger partial charge on any atom is 0.350 e. The summed E-state index contributed by atoms with van der Waals surface area (Å²) in [5.41, 5.74) is 2.20. The second kappa shape index (κ2) is 9.71. The minimum atomic E-state index is -0.478. The molecule has 0 aliphatic carbocycles. The van der Waals surface area contributed by atoms with Crippen LogP contribution >= 0.6 is 23.1 Å². The molecule has 162 valence electrons. The first-order valence-electron chi connectivity index (χ1n) is 9.46. The fourth-order valence-corrected chi connectivity index (χ4v) is 4.53. The predicted octanol–water partition coefficient (Wildman–Crippen LogP) is 3.61. The second-order valence-corrected chi connectivity index (χ2v) is 8.42. The number of amides is 1. The van der Waals surface area contributed by atoms with Crippen LogP contribution in [-0.4, -0.2) is 49.5 Å². The van der Waals surface area contributed by atoms with E-state index in [4.69, 9.17) is 4.74 Å². The van der Waals surface area contributed by atoms with Crippen molar-refractivity contribution < 1.29 is 14.3 Å². The smallest absolute Gasteiger partial charge is 0.350 e. The Morgan fingerprint density at radius 2 is 1.97 bits per heavy atom. The fraction of sp³-hybridized carbons (Fsp3) is 0.143. The zero-order chi connectivity index (χ0) is 22.5. The third kappa shape index (κ3) is 4.68. The lowest BCUT2D eigenvalue weighted by Crippen LogP contribution is -2.14. The Morgan fingerprint density at radius 3 is 2.69 bits per heavy atom. The molecule has 0 saturated carbocycles. The standard InChI is InChI=1S/C21H18N6O3S2/c1-13-17(19(29)30-2)32-20(23-13)24-16(28)12-31-21-26-25-18(14-7-6-10-22-11-14)27(21)15-8-4-3-5-9-15/h3-11H,12H2,1-2H3,(H,23,24,28). The maximum absolute atomic E-state index is 12.5. The number of para-hydroxylation sites is 1. The number of thioether (sulfide) groups is 1. The Labute approximate surface area is 191 Å². The second-order valence-electron chi connectivity index (χ2n) is 6.48. The molecule has 1 N–H and O–H groups in total. The van der Waals surface area contributed by atoms with Crippen molar-refractivity contribution in [2.45, 2.75) is 12.1 Å². The quantitative estimate of drug-likeness (QED) is 0.325. The first kappa shape index (κ1) is 21.7. The first-order valence-corrected chi connectivity index (χ1v) is 11.3. The molecule has 0 saturated heterocycles. The number of nitrogens with one attached hydrogen (secondary N) is 1. The van der Waals surface area contributed by atoms with Crippen LogP contribution in [0.5, 0.6) is 0 Å². The van der Waals surface area contributed by atoms with E-state index in [1.54, 1.807) is 19.3 Å². The summed E-state index contributed by atoms with van der Waals surface area (Å²) in [6.45, 7) is 1.69. The highest BCUT2D eigenvalue weighted by Crippen LogP contribution is 2.28. The van der Waals surface area contributed by atoms with Gasteiger partial charge in [0.25, 0.3) is 0 Å². The number of carbonyl (C=O) groups excluding carboxylic acids is 2. The highest BCUT2D eigenvalue weighted by Gasteiger charge is 2.19. The van der Waals surface area contributed by atoms with Crippen LogP contribution in [0.2, 0.25) is 0 Å². The molecule has 0 atom stereocenters. The van der Waals surface area contributed by atoms with E-state index in [1.807, 2.05) is 47.0 Å². The van der Waals surface area contributed by atoms with Crippen LogP contribution in [0.4, 0.5) is 5.13 Å². The van der Waals surface area contributed by atoms with E-state index in [0.717, 1.165) is 22.6 Å². The highest BCUT2D eigenvalue weighted by atomic mass is 32.2. The Balaban J connectivity index is 1.53. The highest BCUT2D eigenvalue weighted by molar-refractivity contribution is 7.99. The van der Waals surface area contributed by atoms with Gasteiger partial charge in [-0.25, -0.2) is 9.78 Å². The number of methoxy groups -OCH3 is 1. The van der Waals surface area contributed by atoms with Crippen LogP contribution < -0.4 is 5.32 Å². The minimum Gasteiger partial charge on any atom is -0.465 e. The lowest BCUT2D eigenvalue weighted by molar-refractivity contribution is -0.113. The molecule has 0 bridgehead atoms. The molecular weight excluding hydrogens is 448 g/mol. The average Bonchev–Trinajstić information content (AvgIpc) is 3.41. The van der Waals surface area contributed by atoms with E-state index in [2.05, 4.69) is 25.5 Å². The van der Waals surface area contributed by atoms with Gasteiger partial charge in [0.15, 0.2) is 16.1 Å². The summed E-state index contributed by atoms with van der Waals surface area (Å²) in [7, 11) is 1.30. The van der Waals surface area contributed by atoms with Gasteiger partial charge in [0.1, 0.15) is 4.88 Å². The normalized spacial score (nSPS) is 10.7. The monoisotopic (exact) mass is 466 g/mol. The van der Waals surface area contributed by atoms with E-state index in [9.17, 15) is 9.59 Å². The van der Waals surface area contributed by atoms with Gasteiger partial charge in [-0.1, -0.05) is 41.3 Å². The molecular formula is C21H18N6O3S2. The Morgan fingerprint density at radius 1 is 1.16 bits per heavy atom. The summed E-state index contributed by atoms with van der Waals surface area (Å²) in [5, 5.41) is 12.3. The zero-order valence-electron chi connectivity index (χ0n) is 17.2. The van der Waals surface area contributed by atoms with Crippen molar-refractivity contribution in [3.05, 3.63) is 65.4 Å². The number of thiazole rings is 1. The number of hydrogen-bond acceptors (Lipinski definition) is 9. The fourth-order valence-electron chi connectivity index (χ4n) is 2.87. The number of hydrogen-bond donors (Lipinski definition) is 1. The molecule has 0 fully saturated rings. The Hall–Kier alpha value is -3.57. The lowest BCUT2D eigenvalue weighted by atomic mass is 10.2. The van der Waals surface area contributed by atoms with Crippen LogP contribution in [0.25, 0.3) is 17.1 Å². The number of esters is 1. The molecule has 0 spiro atoms. The number of ether oxygens (including phenoxy) is 1. The molecule has 3 aromatic heterocycles. The van der Waals surface area contributed by atoms with Gasteiger partial charge in [0, 0.05) is 23.6 Å². The number of anilines is 1. The van der Waals surface area contributed by atoms with Gasteiger partial charge in [0.05, 0.1) is 18.6 Å². The number of rotatable bonds is 7. The number of aromatic nitrogens is 5. The van der Waals surface area contributed by atoms with Gasteiger partial charge in [-0.15, -0.1) is 10.2 Å². The summed E-state index contributed by atoms with van der Waals surface area (Å²) in [6.07, 6.45) is 3.41. The number of pyridine rings is 1. The molecule has 0 aliphatic heterocycles.